The molecule has 7 amide bonds. The summed E-state index contributed by atoms with van der Waals surface area (Å²) in [6.07, 6.45) is 6.86. The Morgan fingerprint density at radius 2 is 1.68 bits per heavy atom. The number of carbonyl (C=O) groups excluding carboxylic acids is 8. The number of nitrogens with one attached hydrogen (secondary N) is 4. The number of aliphatic hydroxyl groups excluding tert-OH is 1. The van der Waals surface area contributed by atoms with E-state index in [1.807, 2.05) is 52.0 Å². The van der Waals surface area contributed by atoms with Crippen molar-refractivity contribution < 1.29 is 71.8 Å². The number of carbonyl (C=O) groups is 8. The third kappa shape index (κ3) is 15.1. The highest BCUT2D eigenvalue weighted by Gasteiger charge is 2.47. The second-order valence-corrected chi connectivity index (χ2v) is 23.8. The first kappa shape index (κ1) is 62.7. The number of H-pyrrole nitrogens is 1. The Labute approximate surface area is 491 Å². The third-order valence-corrected chi connectivity index (χ3v) is 16.7. The Balaban J connectivity index is 0.866. The SMILES string of the molecule is C#Cc1ccc([C@H](C)NC(=O)[C@@H]2C[C@@H](O)CN2C(=O)[C@@H](c2cc(OCCCc3cccc(OC[C@H](CCC(N)=O)NC(=O)[C@@H]4CC[C@@H]5CCN(C(C)=O)C[C@H](NC(=O)c6cc7cc(C(=O)P(=O)(O)O)ccc7[nH]6)C(=O)N54)c3C)no2)C(C)C)cc1. The fourth-order valence-electron chi connectivity index (χ4n) is 11.3. The van der Waals surface area contributed by atoms with Crippen molar-refractivity contribution >= 4 is 65.4 Å². The second-order valence-electron chi connectivity index (χ2n) is 22.3. The number of hydrogen-bond acceptors (Lipinski definition) is 14. The van der Waals surface area contributed by atoms with Gasteiger partial charge < -0.3 is 70.3 Å². The smallest absolute Gasteiger partial charge is 0.396 e. The van der Waals surface area contributed by atoms with E-state index >= 15 is 0 Å². The van der Waals surface area contributed by atoms with E-state index in [2.05, 4.69) is 32.0 Å². The first-order valence-electron chi connectivity index (χ1n) is 28.3. The first-order valence-corrected chi connectivity index (χ1v) is 29.9. The molecule has 5 heterocycles. The van der Waals surface area contributed by atoms with Crippen LogP contribution in [0.4, 0.5) is 0 Å². The summed E-state index contributed by atoms with van der Waals surface area (Å²) in [7, 11) is -5.09. The summed E-state index contributed by atoms with van der Waals surface area (Å²) in [6.45, 7) is 8.96. The predicted molar refractivity (Wildman–Crippen MR) is 308 cm³/mol. The van der Waals surface area contributed by atoms with Crippen LogP contribution < -0.4 is 31.2 Å². The van der Waals surface area contributed by atoms with Crippen molar-refractivity contribution in [2.75, 3.05) is 32.8 Å². The molecule has 25 heteroatoms. The van der Waals surface area contributed by atoms with Crippen molar-refractivity contribution in [1.29, 1.82) is 0 Å². The number of nitrogens with zero attached hydrogens (tertiary/aromatic N) is 4. The van der Waals surface area contributed by atoms with Crippen molar-refractivity contribution in [3.05, 3.63) is 112 Å². The molecule has 9 N–H and O–H groups in total. The maximum atomic E-state index is 14.6. The van der Waals surface area contributed by atoms with Gasteiger partial charge in [0.25, 0.3) is 17.3 Å². The van der Waals surface area contributed by atoms with Crippen LogP contribution in [-0.2, 0) is 39.8 Å². The number of aryl methyl sites for hydroxylation is 1. The number of aliphatic hydroxyl groups is 1. The van der Waals surface area contributed by atoms with Gasteiger partial charge in [-0.05, 0) is 123 Å². The number of amides is 7. The van der Waals surface area contributed by atoms with E-state index in [4.69, 9.17) is 26.2 Å². The van der Waals surface area contributed by atoms with Crippen LogP contribution in [0.1, 0.15) is 133 Å². The molecule has 3 aliphatic rings. The molecule has 85 heavy (non-hydrogen) atoms. The van der Waals surface area contributed by atoms with Crippen LogP contribution in [0, 0.1) is 25.2 Å². The summed E-state index contributed by atoms with van der Waals surface area (Å²) in [5.41, 5.74) is 7.54. The second kappa shape index (κ2) is 27.1. The summed E-state index contributed by atoms with van der Waals surface area (Å²) < 4.78 is 29.6. The summed E-state index contributed by atoms with van der Waals surface area (Å²) in [5, 5.41) is 23.7. The summed E-state index contributed by atoms with van der Waals surface area (Å²) in [4.78, 5) is 134. The summed E-state index contributed by atoms with van der Waals surface area (Å²) in [6, 6.07) is 14.8. The van der Waals surface area contributed by atoms with E-state index in [9.17, 15) is 57.8 Å². The minimum Gasteiger partial charge on any atom is -0.491 e. The van der Waals surface area contributed by atoms with E-state index in [-0.39, 0.29) is 105 Å². The highest BCUT2D eigenvalue weighted by Crippen LogP contribution is 2.40. The Hall–Kier alpha value is -8.36. The van der Waals surface area contributed by atoms with Gasteiger partial charge in [-0.1, -0.05) is 44.0 Å². The number of fused-ring (bicyclic) bond motifs is 2. The van der Waals surface area contributed by atoms with E-state index in [0.717, 1.165) is 16.7 Å². The van der Waals surface area contributed by atoms with Crippen LogP contribution in [0.5, 0.6) is 11.6 Å². The van der Waals surface area contributed by atoms with Gasteiger partial charge in [0.05, 0.1) is 24.8 Å². The zero-order chi connectivity index (χ0) is 61.4. The number of aromatic nitrogens is 2. The summed E-state index contributed by atoms with van der Waals surface area (Å²) >= 11 is 0. The molecular weight excluding hydrogens is 1120 g/mol. The fourth-order valence-corrected chi connectivity index (χ4v) is 11.8. The molecule has 24 nitrogen and oxygen atoms in total. The number of nitrogens with two attached hydrogens (primary N) is 1. The number of ether oxygens (including phenoxy) is 2. The molecule has 5 aromatic rings. The fraction of sp³-hybridized carbons (Fsp3) is 0.450. The lowest BCUT2D eigenvalue weighted by Crippen LogP contribution is -2.61. The molecule has 2 aromatic heterocycles. The molecule has 0 saturated carbocycles. The lowest BCUT2D eigenvalue weighted by Gasteiger charge is -2.38. The Kier molecular flexibility index (Phi) is 20.0. The van der Waals surface area contributed by atoms with Crippen molar-refractivity contribution in [1.82, 2.24) is 40.8 Å². The van der Waals surface area contributed by atoms with E-state index in [1.54, 1.807) is 24.3 Å². The van der Waals surface area contributed by atoms with E-state index < -0.39 is 84.9 Å². The molecule has 452 valence electrons. The largest absolute Gasteiger partial charge is 0.491 e. The molecule has 0 bridgehead atoms. The van der Waals surface area contributed by atoms with Crippen LogP contribution in [0.25, 0.3) is 10.9 Å². The number of terminal acetylenes is 1. The first-order chi connectivity index (χ1) is 40.4. The van der Waals surface area contributed by atoms with Crippen molar-refractivity contribution in [2.24, 2.45) is 11.7 Å². The Morgan fingerprint density at radius 1 is 0.941 bits per heavy atom. The highest BCUT2D eigenvalue weighted by atomic mass is 31.2. The van der Waals surface area contributed by atoms with Gasteiger partial charge in [-0.2, -0.15) is 0 Å². The van der Waals surface area contributed by atoms with Gasteiger partial charge in [-0.25, -0.2) is 0 Å². The van der Waals surface area contributed by atoms with Gasteiger partial charge in [-0.3, -0.25) is 42.9 Å². The molecule has 0 radical (unpaired) electrons. The van der Waals surface area contributed by atoms with Gasteiger partial charge >= 0.3 is 7.60 Å². The van der Waals surface area contributed by atoms with Crippen LogP contribution in [0.15, 0.2) is 77.3 Å². The number of primary amides is 1. The highest BCUT2D eigenvalue weighted by molar-refractivity contribution is 7.70. The quantitative estimate of drug-likeness (QED) is 0.0261. The number of likely N-dealkylation sites (tertiary alicyclic amines) is 1. The number of aromatic amines is 1. The van der Waals surface area contributed by atoms with Gasteiger partial charge in [0.1, 0.15) is 42.1 Å². The van der Waals surface area contributed by atoms with Crippen LogP contribution in [-0.4, -0.2) is 156 Å². The minimum absolute atomic E-state index is 0.0243. The van der Waals surface area contributed by atoms with Gasteiger partial charge in [0.15, 0.2) is 5.76 Å². The molecule has 3 aliphatic heterocycles. The topological polar surface area (TPSA) is 346 Å². The monoisotopic (exact) mass is 1190 g/mol. The Bertz CT molecular complexity index is 3420. The number of rotatable bonds is 23. The standard InChI is InChI=1S/C60H72N9O15P/c1-7-37-13-15-39(16-14-37)35(5)62-57(75)49-28-44(71)30-68(49)59(77)54(33(2)3)51-29-53(66-84-51)82-25-9-11-38-10-8-12-50(34(38)4)83-32-42(18-22-52(61)72)63-56(74)48-21-19-43-23-24-67(36(6)70)31-47(58(76)69(43)48)65-55(73)46-27-41-26-40(17-20-45(41)64-46)60(78)85(79,80)81/h1,8,10,12-17,20,26-27,29,33,35,42-44,47-49,54,64,71H,9,11,18-19,21-25,28,30-32H2,2-6H3,(H2,61,72)(H,62,75)(H,63,74)(H,65,73)(H2,79,80,81)/t35-,42-,43+,44+,47-,48-,49-,54+/m0/s1. The average Bonchev–Trinajstić information content (AvgIpc) is 3.51. The van der Waals surface area contributed by atoms with Crippen molar-refractivity contribution in [3.8, 4) is 24.0 Å². The molecule has 0 aliphatic carbocycles. The number of hydrogen-bond donors (Lipinski definition) is 8. The number of β-amino-alcohol motifs (C(OH)–C–C–N with tert-alkyl or cyclic N) is 1. The molecule has 8 atom stereocenters. The van der Waals surface area contributed by atoms with Crippen LogP contribution in [0.2, 0.25) is 0 Å². The van der Waals surface area contributed by atoms with Crippen molar-refractivity contribution in [3.63, 3.8) is 0 Å². The lowest BCUT2D eigenvalue weighted by molar-refractivity contribution is -0.145. The minimum atomic E-state index is -5.09. The van der Waals surface area contributed by atoms with Crippen molar-refractivity contribution in [2.45, 2.75) is 134 Å². The normalized spacial score (nSPS) is 19.9. The zero-order valence-corrected chi connectivity index (χ0v) is 48.8. The molecule has 8 rings (SSSR count). The third-order valence-electron chi connectivity index (χ3n) is 15.9. The molecule has 0 spiro atoms. The van der Waals surface area contributed by atoms with Gasteiger partial charge in [0, 0.05) is 73.5 Å². The summed E-state index contributed by atoms with van der Waals surface area (Å²) in [5.74, 6) is -1.13. The number of benzene rings is 3. The average molecular weight is 1190 g/mol. The van der Waals surface area contributed by atoms with Gasteiger partial charge in [-0.15, -0.1) is 6.42 Å². The van der Waals surface area contributed by atoms with Gasteiger partial charge in [0.2, 0.25) is 35.4 Å². The predicted octanol–water partition coefficient (Wildman–Crippen LogP) is 3.89. The molecule has 3 fully saturated rings. The maximum Gasteiger partial charge on any atom is 0.396 e. The van der Waals surface area contributed by atoms with E-state index in [1.165, 1.54) is 45.9 Å². The maximum absolute atomic E-state index is 14.6. The zero-order valence-electron chi connectivity index (χ0n) is 47.9. The molecule has 3 aromatic carbocycles. The van der Waals surface area contributed by atoms with Crippen LogP contribution in [0.3, 0.4) is 0 Å². The Morgan fingerprint density at radius 3 is 2.38 bits per heavy atom. The molecular formula is C60H72N9O15P. The van der Waals surface area contributed by atoms with E-state index in [0.29, 0.717) is 47.9 Å². The lowest BCUT2D eigenvalue weighted by atomic mass is 9.91. The molecule has 3 saturated heterocycles. The molecule has 0 unspecified atom stereocenters. The van der Waals surface area contributed by atoms with Crippen LogP contribution >= 0.6 is 7.60 Å².